The highest BCUT2D eigenvalue weighted by molar-refractivity contribution is 7.90. The van der Waals surface area contributed by atoms with Gasteiger partial charge in [-0.2, -0.15) is 0 Å². The predicted octanol–water partition coefficient (Wildman–Crippen LogP) is 5.72. The monoisotopic (exact) mass is 533 g/mol. The Hall–Kier alpha value is -3.40. The molecule has 1 N–H and O–H groups in total. The minimum atomic E-state index is -4.02. The summed E-state index contributed by atoms with van der Waals surface area (Å²) in [6.07, 6.45) is 1.46. The van der Waals surface area contributed by atoms with Crippen LogP contribution < -0.4 is 14.2 Å². The van der Waals surface area contributed by atoms with Crippen LogP contribution in [0.4, 0.5) is 0 Å². The van der Waals surface area contributed by atoms with Crippen molar-refractivity contribution in [1.29, 1.82) is 0 Å². The van der Waals surface area contributed by atoms with Gasteiger partial charge in [0.2, 0.25) is 6.79 Å². The molecule has 0 saturated heterocycles. The maximum absolute atomic E-state index is 13.6. The lowest BCUT2D eigenvalue weighted by Gasteiger charge is -2.10. The predicted molar refractivity (Wildman–Crippen MR) is 130 cm³/mol. The third-order valence-corrected chi connectivity index (χ3v) is 7.89. The molecular formula is C24H17Cl2NO7S. The van der Waals surface area contributed by atoms with Crippen LogP contribution in [0.5, 0.6) is 23.0 Å². The van der Waals surface area contributed by atoms with Crippen LogP contribution in [0.1, 0.15) is 12.0 Å². The molecule has 0 amide bonds. The number of aryl methyl sites for hydroxylation is 1. The van der Waals surface area contributed by atoms with E-state index in [0.29, 0.717) is 49.5 Å². The van der Waals surface area contributed by atoms with Gasteiger partial charge in [0.1, 0.15) is 11.5 Å². The molecule has 35 heavy (non-hydrogen) atoms. The van der Waals surface area contributed by atoms with E-state index in [1.807, 2.05) is 0 Å². The fourth-order valence-corrected chi connectivity index (χ4v) is 5.43. The van der Waals surface area contributed by atoms with Crippen LogP contribution in [-0.2, 0) is 21.2 Å². The second-order valence-electron chi connectivity index (χ2n) is 7.72. The fraction of sp³-hybridized carbons (Fsp3) is 0.125. The van der Waals surface area contributed by atoms with Gasteiger partial charge in [-0.05, 0) is 54.4 Å². The molecule has 0 spiro atoms. The van der Waals surface area contributed by atoms with Crippen LogP contribution in [0.25, 0.3) is 10.9 Å². The van der Waals surface area contributed by atoms with Crippen molar-refractivity contribution in [3.05, 3.63) is 76.4 Å². The van der Waals surface area contributed by atoms with Crippen LogP contribution in [0.3, 0.4) is 0 Å². The molecule has 0 aliphatic carbocycles. The second kappa shape index (κ2) is 8.99. The van der Waals surface area contributed by atoms with Gasteiger partial charge >= 0.3 is 5.97 Å². The van der Waals surface area contributed by atoms with Crippen molar-refractivity contribution < 1.29 is 32.5 Å². The zero-order valence-corrected chi connectivity index (χ0v) is 20.2. The van der Waals surface area contributed by atoms with Crippen molar-refractivity contribution in [2.45, 2.75) is 17.7 Å². The Bertz CT molecular complexity index is 1560. The first-order valence-electron chi connectivity index (χ1n) is 10.4. The standard InChI is InChI=1S/C24H17Cl2NO7S/c25-19-7-4-16(9-20(19)26)34-15-2-5-17(6-3-15)35(30,31)27-12-14(1-8-24(28)29)18-10-22-23(11-21(18)27)33-13-32-22/h2-7,9-12H,1,8,13H2,(H,28,29). The molecule has 2 heterocycles. The van der Waals surface area contributed by atoms with Gasteiger partial charge in [0.25, 0.3) is 10.0 Å². The summed E-state index contributed by atoms with van der Waals surface area (Å²) >= 11 is 11.9. The van der Waals surface area contributed by atoms with Gasteiger partial charge in [0, 0.05) is 30.1 Å². The lowest BCUT2D eigenvalue weighted by atomic mass is 10.1. The average Bonchev–Trinajstić information content (AvgIpc) is 3.43. The average molecular weight is 534 g/mol. The van der Waals surface area contributed by atoms with E-state index < -0.39 is 16.0 Å². The molecule has 0 saturated carbocycles. The first kappa shape index (κ1) is 23.3. The Morgan fingerprint density at radius 2 is 1.66 bits per heavy atom. The highest BCUT2D eigenvalue weighted by Crippen LogP contribution is 2.39. The van der Waals surface area contributed by atoms with Gasteiger partial charge in [0.15, 0.2) is 11.5 Å². The van der Waals surface area contributed by atoms with Gasteiger partial charge < -0.3 is 19.3 Å². The smallest absolute Gasteiger partial charge is 0.303 e. The van der Waals surface area contributed by atoms with Crippen LogP contribution in [0, 0.1) is 0 Å². The van der Waals surface area contributed by atoms with E-state index in [1.165, 1.54) is 30.5 Å². The molecule has 3 aromatic carbocycles. The first-order valence-corrected chi connectivity index (χ1v) is 12.6. The largest absolute Gasteiger partial charge is 0.481 e. The fourth-order valence-electron chi connectivity index (χ4n) is 3.76. The highest BCUT2D eigenvalue weighted by Gasteiger charge is 2.25. The number of carboxylic acids is 1. The Morgan fingerprint density at radius 1 is 0.971 bits per heavy atom. The van der Waals surface area contributed by atoms with Crippen LogP contribution >= 0.6 is 23.2 Å². The van der Waals surface area contributed by atoms with E-state index in [1.54, 1.807) is 30.3 Å². The maximum Gasteiger partial charge on any atom is 0.303 e. The Morgan fingerprint density at radius 3 is 2.34 bits per heavy atom. The molecule has 0 bridgehead atoms. The van der Waals surface area contributed by atoms with Crippen molar-refractivity contribution in [2.75, 3.05) is 6.79 Å². The summed E-state index contributed by atoms with van der Waals surface area (Å²) in [5.41, 5.74) is 0.939. The molecule has 5 rings (SSSR count). The summed E-state index contributed by atoms with van der Waals surface area (Å²) < 4.78 is 44.8. The summed E-state index contributed by atoms with van der Waals surface area (Å²) in [4.78, 5) is 11.2. The Labute approximate surface area is 210 Å². The first-order chi connectivity index (χ1) is 16.7. The third-order valence-electron chi connectivity index (χ3n) is 5.46. The summed E-state index contributed by atoms with van der Waals surface area (Å²) in [7, 11) is -4.02. The summed E-state index contributed by atoms with van der Waals surface area (Å²) in [6, 6.07) is 14.0. The molecule has 0 unspecified atom stereocenters. The molecule has 11 heteroatoms. The summed E-state index contributed by atoms with van der Waals surface area (Å²) in [5.74, 6) is 0.776. The molecule has 1 aromatic heterocycles. The van der Waals surface area contributed by atoms with Gasteiger partial charge in [-0.25, -0.2) is 12.4 Å². The van der Waals surface area contributed by atoms with E-state index in [9.17, 15) is 13.2 Å². The van der Waals surface area contributed by atoms with Gasteiger partial charge in [0.05, 0.1) is 20.5 Å². The topological polar surface area (TPSA) is 104 Å². The minimum absolute atomic E-state index is 0.0262. The molecule has 8 nitrogen and oxygen atoms in total. The number of ether oxygens (including phenoxy) is 3. The van der Waals surface area contributed by atoms with Crippen molar-refractivity contribution in [1.82, 2.24) is 3.97 Å². The molecular weight excluding hydrogens is 517 g/mol. The normalized spacial score (nSPS) is 12.7. The zero-order valence-electron chi connectivity index (χ0n) is 17.9. The maximum atomic E-state index is 13.6. The summed E-state index contributed by atoms with van der Waals surface area (Å²) in [5, 5.41) is 10.4. The SMILES string of the molecule is O=C(O)CCc1cn(S(=O)(=O)c2ccc(Oc3ccc(Cl)c(Cl)c3)cc2)c2cc3c(cc12)OCO3. The minimum Gasteiger partial charge on any atom is -0.481 e. The van der Waals surface area contributed by atoms with E-state index in [0.717, 1.165) is 3.97 Å². The summed E-state index contributed by atoms with van der Waals surface area (Å²) in [6.45, 7) is 0.0272. The number of nitrogens with zero attached hydrogens (tertiary/aromatic N) is 1. The lowest BCUT2D eigenvalue weighted by molar-refractivity contribution is -0.136. The number of rotatable bonds is 7. The number of aliphatic carboxylic acids is 1. The van der Waals surface area contributed by atoms with E-state index >= 15 is 0 Å². The van der Waals surface area contributed by atoms with E-state index in [-0.39, 0.29) is 24.5 Å². The van der Waals surface area contributed by atoms with Crippen LogP contribution in [0.15, 0.2) is 65.7 Å². The van der Waals surface area contributed by atoms with Crippen molar-refractivity contribution in [3.8, 4) is 23.0 Å². The molecule has 0 atom stereocenters. The molecule has 180 valence electrons. The molecule has 1 aliphatic rings. The third kappa shape index (κ3) is 4.50. The Balaban J connectivity index is 1.51. The van der Waals surface area contributed by atoms with Gasteiger partial charge in [-0.1, -0.05) is 23.2 Å². The quantitative estimate of drug-likeness (QED) is 0.323. The number of carboxylic acid groups (broad SMARTS) is 1. The van der Waals surface area contributed by atoms with Crippen LogP contribution in [-0.4, -0.2) is 30.3 Å². The van der Waals surface area contributed by atoms with Crippen molar-refractivity contribution in [3.63, 3.8) is 0 Å². The number of benzene rings is 3. The number of carbonyl (C=O) groups is 1. The molecule has 1 aliphatic heterocycles. The van der Waals surface area contributed by atoms with E-state index in [4.69, 9.17) is 42.5 Å². The van der Waals surface area contributed by atoms with Gasteiger partial charge in [-0.3, -0.25) is 4.79 Å². The van der Waals surface area contributed by atoms with Gasteiger partial charge in [-0.15, -0.1) is 0 Å². The van der Waals surface area contributed by atoms with Crippen molar-refractivity contribution >= 4 is 50.1 Å². The number of aromatic nitrogens is 1. The Kier molecular flexibility index (Phi) is 6.00. The molecule has 4 aromatic rings. The van der Waals surface area contributed by atoms with Crippen molar-refractivity contribution in [2.24, 2.45) is 0 Å². The number of fused-ring (bicyclic) bond motifs is 2. The molecule has 0 radical (unpaired) electrons. The number of halogens is 2. The number of hydrogen-bond acceptors (Lipinski definition) is 6. The highest BCUT2D eigenvalue weighted by atomic mass is 35.5. The molecule has 0 fully saturated rings. The lowest BCUT2D eigenvalue weighted by Crippen LogP contribution is -2.11. The number of hydrogen-bond donors (Lipinski definition) is 1. The van der Waals surface area contributed by atoms with E-state index in [2.05, 4.69) is 0 Å². The zero-order chi connectivity index (χ0) is 24.7. The second-order valence-corrected chi connectivity index (χ2v) is 10.4. The van der Waals surface area contributed by atoms with Crippen LogP contribution in [0.2, 0.25) is 10.0 Å².